The Morgan fingerprint density at radius 1 is 0.545 bits per heavy atom. The minimum absolute atomic E-state index is 0.657. The van der Waals surface area contributed by atoms with Crippen molar-refractivity contribution in [2.45, 2.75) is 6.42 Å². The van der Waals surface area contributed by atoms with Crippen LogP contribution in [-0.2, 0) is 6.42 Å². The van der Waals surface area contributed by atoms with Gasteiger partial charge in [0.15, 0.2) is 5.58 Å². The number of nitrogens with zero attached hydrogens (tertiary/aromatic N) is 3. The summed E-state index contributed by atoms with van der Waals surface area (Å²) in [6, 6.07) is 63.4. The van der Waals surface area contributed by atoms with Gasteiger partial charge >= 0.3 is 0 Å². The summed E-state index contributed by atoms with van der Waals surface area (Å²) in [4.78, 5) is 7.36. The van der Waals surface area contributed by atoms with Gasteiger partial charge in [-0.25, -0.2) is 4.98 Å². The van der Waals surface area contributed by atoms with Gasteiger partial charge in [0.25, 0.3) is 0 Å². The maximum atomic E-state index is 6.32. The topological polar surface area (TPSA) is 34.2 Å². The molecule has 0 unspecified atom stereocenters. The van der Waals surface area contributed by atoms with Crippen molar-refractivity contribution in [1.82, 2.24) is 9.55 Å². The van der Waals surface area contributed by atoms with Crippen LogP contribution in [0.1, 0.15) is 11.1 Å². The molecule has 3 heterocycles. The summed E-state index contributed by atoms with van der Waals surface area (Å²) in [6.45, 7) is 0. The van der Waals surface area contributed by atoms with Crippen LogP contribution in [-0.4, -0.2) is 9.55 Å². The quantitative estimate of drug-likeness (QED) is 0.177. The van der Waals surface area contributed by atoms with Crippen molar-refractivity contribution in [2.24, 2.45) is 0 Å². The van der Waals surface area contributed by atoms with Crippen LogP contribution in [0.3, 0.4) is 0 Å². The van der Waals surface area contributed by atoms with E-state index in [0.717, 1.165) is 40.1 Å². The number of thiophene rings is 1. The molecule has 12 rings (SSSR count). The molecule has 0 N–H and O–H groups in total. The summed E-state index contributed by atoms with van der Waals surface area (Å²) >= 11 is 1.86. The lowest BCUT2D eigenvalue weighted by atomic mass is 10.0. The van der Waals surface area contributed by atoms with E-state index in [2.05, 4.69) is 155 Å². The molecular formula is C50H31N3OS. The van der Waals surface area contributed by atoms with E-state index < -0.39 is 0 Å². The van der Waals surface area contributed by atoms with E-state index in [1.807, 2.05) is 41.7 Å². The number of oxazole rings is 1. The molecule has 1 aliphatic carbocycles. The van der Waals surface area contributed by atoms with Crippen LogP contribution in [0.15, 0.2) is 180 Å². The van der Waals surface area contributed by atoms with E-state index in [4.69, 9.17) is 9.40 Å². The highest BCUT2D eigenvalue weighted by molar-refractivity contribution is 7.26. The first-order chi connectivity index (χ1) is 27.2. The molecule has 0 spiro atoms. The average molecular weight is 722 g/mol. The standard InChI is InChI=1S/C50H31N3OS/c1-3-12-31(13-4-1)50-51-42-28-33-26-32-27-35(22-24-37(32)40(33)30-46(42)54-50)52(45-19-11-21-48-49(45)39-17-8-10-20-47(39)55-48)36-23-25-44-41(29-36)38-16-7-9-18-43(38)53(44)34-14-5-2-6-15-34/h1-25,27-30H,26H2. The molecule has 8 aromatic carbocycles. The molecule has 0 amide bonds. The average Bonchev–Trinajstić information content (AvgIpc) is 4.01. The summed E-state index contributed by atoms with van der Waals surface area (Å²) in [7, 11) is 0. The van der Waals surface area contributed by atoms with Crippen LogP contribution in [0.25, 0.3) is 81.3 Å². The highest BCUT2D eigenvalue weighted by atomic mass is 32.1. The highest BCUT2D eigenvalue weighted by Crippen LogP contribution is 2.48. The van der Waals surface area contributed by atoms with Gasteiger partial charge in [-0.15, -0.1) is 11.3 Å². The first-order valence-corrected chi connectivity index (χ1v) is 19.5. The van der Waals surface area contributed by atoms with E-state index in [1.54, 1.807) is 0 Å². The van der Waals surface area contributed by atoms with E-state index in [-0.39, 0.29) is 0 Å². The molecule has 5 heteroatoms. The summed E-state index contributed by atoms with van der Waals surface area (Å²) in [5.41, 5.74) is 14.7. The number of para-hydroxylation sites is 2. The van der Waals surface area contributed by atoms with E-state index in [1.165, 1.54) is 69.9 Å². The Hall–Kier alpha value is -6.95. The monoisotopic (exact) mass is 721 g/mol. The molecule has 258 valence electrons. The lowest BCUT2D eigenvalue weighted by Gasteiger charge is -2.27. The number of aromatic nitrogens is 2. The molecule has 55 heavy (non-hydrogen) atoms. The van der Waals surface area contributed by atoms with Crippen molar-refractivity contribution in [3.8, 4) is 28.3 Å². The van der Waals surface area contributed by atoms with Crippen molar-refractivity contribution >= 4 is 81.5 Å². The molecule has 0 aliphatic heterocycles. The number of hydrogen-bond acceptors (Lipinski definition) is 4. The molecule has 3 aromatic heterocycles. The van der Waals surface area contributed by atoms with Crippen molar-refractivity contribution in [1.29, 1.82) is 0 Å². The number of rotatable bonds is 5. The normalized spacial score (nSPS) is 12.3. The van der Waals surface area contributed by atoms with Crippen LogP contribution in [0.2, 0.25) is 0 Å². The number of anilines is 3. The first kappa shape index (κ1) is 30.5. The molecule has 0 radical (unpaired) electrons. The van der Waals surface area contributed by atoms with Gasteiger partial charge in [0, 0.05) is 53.6 Å². The van der Waals surface area contributed by atoms with E-state index in [0.29, 0.717) is 5.89 Å². The fraction of sp³-hybridized carbons (Fsp3) is 0.0200. The van der Waals surface area contributed by atoms with Gasteiger partial charge in [-0.1, -0.05) is 84.9 Å². The molecule has 1 aliphatic rings. The minimum Gasteiger partial charge on any atom is -0.436 e. The van der Waals surface area contributed by atoms with Crippen LogP contribution in [0, 0.1) is 0 Å². The SMILES string of the molecule is c1ccc(-c2nc3cc4c(cc3o2)-c2ccc(N(c3ccc5c(c3)c3ccccc3n5-c3ccccc3)c3cccc5sc6ccccc6c35)cc2C4)cc1. The fourth-order valence-corrected chi connectivity index (χ4v) is 9.90. The summed E-state index contributed by atoms with van der Waals surface area (Å²) < 4.78 is 11.3. The Kier molecular flexibility index (Phi) is 6.53. The predicted octanol–water partition coefficient (Wildman–Crippen LogP) is 14.0. The zero-order chi connectivity index (χ0) is 36.0. The zero-order valence-corrected chi connectivity index (χ0v) is 30.4. The second-order valence-corrected chi connectivity index (χ2v) is 15.4. The third-order valence-electron chi connectivity index (χ3n) is 11.2. The molecule has 0 saturated heterocycles. The third-order valence-corrected chi connectivity index (χ3v) is 12.3. The maximum absolute atomic E-state index is 6.32. The number of benzene rings is 8. The first-order valence-electron chi connectivity index (χ1n) is 18.7. The molecule has 0 bridgehead atoms. The molecule has 11 aromatic rings. The lowest BCUT2D eigenvalue weighted by molar-refractivity contribution is 0.620. The summed E-state index contributed by atoms with van der Waals surface area (Å²) in [6.07, 6.45) is 0.838. The summed E-state index contributed by atoms with van der Waals surface area (Å²) in [5, 5.41) is 5.02. The Morgan fingerprint density at radius 2 is 1.25 bits per heavy atom. The van der Waals surface area contributed by atoms with E-state index >= 15 is 0 Å². The van der Waals surface area contributed by atoms with Gasteiger partial charge in [0.05, 0.1) is 16.7 Å². The maximum Gasteiger partial charge on any atom is 0.227 e. The van der Waals surface area contributed by atoms with E-state index in [9.17, 15) is 0 Å². The predicted molar refractivity (Wildman–Crippen MR) is 230 cm³/mol. The lowest BCUT2D eigenvalue weighted by Crippen LogP contribution is -2.10. The van der Waals surface area contributed by atoms with Crippen molar-refractivity contribution in [3.63, 3.8) is 0 Å². The molecule has 0 saturated carbocycles. The van der Waals surface area contributed by atoms with Crippen molar-refractivity contribution in [3.05, 3.63) is 187 Å². The zero-order valence-electron chi connectivity index (χ0n) is 29.6. The fourth-order valence-electron chi connectivity index (χ4n) is 8.78. The number of hydrogen-bond donors (Lipinski definition) is 0. The van der Waals surface area contributed by atoms with Gasteiger partial charge < -0.3 is 13.9 Å². The Bertz CT molecular complexity index is 3300. The van der Waals surface area contributed by atoms with Crippen LogP contribution in [0.5, 0.6) is 0 Å². The smallest absolute Gasteiger partial charge is 0.227 e. The second-order valence-electron chi connectivity index (χ2n) is 14.4. The van der Waals surface area contributed by atoms with Crippen LogP contribution < -0.4 is 4.90 Å². The number of fused-ring (bicyclic) bond motifs is 10. The van der Waals surface area contributed by atoms with Crippen molar-refractivity contribution in [2.75, 3.05) is 4.90 Å². The second kappa shape index (κ2) is 11.8. The molecule has 0 fully saturated rings. The molecule has 0 atom stereocenters. The Balaban J connectivity index is 1.05. The minimum atomic E-state index is 0.657. The van der Waals surface area contributed by atoms with Gasteiger partial charge in [-0.3, -0.25) is 0 Å². The van der Waals surface area contributed by atoms with Gasteiger partial charge in [0.1, 0.15) is 5.52 Å². The van der Waals surface area contributed by atoms with Crippen LogP contribution in [0.4, 0.5) is 17.1 Å². The largest absolute Gasteiger partial charge is 0.436 e. The van der Waals surface area contributed by atoms with Gasteiger partial charge in [0.2, 0.25) is 5.89 Å². The van der Waals surface area contributed by atoms with Crippen molar-refractivity contribution < 1.29 is 4.42 Å². The molecular weight excluding hydrogens is 691 g/mol. The van der Waals surface area contributed by atoms with Gasteiger partial charge in [-0.05, 0) is 120 Å². The Morgan fingerprint density at radius 3 is 2.15 bits per heavy atom. The highest BCUT2D eigenvalue weighted by Gasteiger charge is 2.25. The van der Waals surface area contributed by atoms with Gasteiger partial charge in [-0.2, -0.15) is 0 Å². The third kappa shape index (κ3) is 4.67. The summed E-state index contributed by atoms with van der Waals surface area (Å²) in [5.74, 6) is 0.657. The molecule has 4 nitrogen and oxygen atoms in total. The Labute approximate surface area is 320 Å². The van der Waals surface area contributed by atoms with Crippen LogP contribution >= 0.6 is 11.3 Å².